The number of rotatable bonds is 2. The molecule has 2 aromatic heterocycles. The van der Waals surface area contributed by atoms with E-state index >= 15 is 0 Å². The number of hydrogen-bond acceptors (Lipinski definition) is 2. The number of nitrogens with one attached hydrogen (secondary N) is 1. The first-order valence-electron chi connectivity index (χ1n) is 5.71. The van der Waals surface area contributed by atoms with Gasteiger partial charge in [0, 0.05) is 11.3 Å². The molecule has 0 aliphatic heterocycles. The molecule has 0 saturated carbocycles. The molecule has 0 fully saturated rings. The van der Waals surface area contributed by atoms with Crippen molar-refractivity contribution in [1.29, 1.82) is 0 Å². The van der Waals surface area contributed by atoms with Crippen LogP contribution in [0.25, 0.3) is 22.8 Å². The van der Waals surface area contributed by atoms with Crippen molar-refractivity contribution in [1.82, 2.24) is 9.97 Å². The fourth-order valence-electron chi connectivity index (χ4n) is 1.94. The van der Waals surface area contributed by atoms with Gasteiger partial charge >= 0.3 is 0 Å². The van der Waals surface area contributed by atoms with Crippen LogP contribution in [0.2, 0.25) is 10.0 Å². The van der Waals surface area contributed by atoms with Crippen LogP contribution in [0.1, 0.15) is 5.69 Å². The van der Waals surface area contributed by atoms with Gasteiger partial charge in [0.05, 0.1) is 22.0 Å². The van der Waals surface area contributed by atoms with E-state index in [1.54, 1.807) is 12.3 Å². The standard InChI is InChI=1S/C14H10Cl2N2O/c1-8-13(9-4-2-5-10(15)12(9)16)18-14(17-8)11-6-3-7-19-11/h2-7H,1H3,(H,17,18). The third-order valence-electron chi connectivity index (χ3n) is 2.85. The third-order valence-corrected chi connectivity index (χ3v) is 3.66. The van der Waals surface area contributed by atoms with Crippen LogP contribution in [0.3, 0.4) is 0 Å². The number of furan rings is 1. The summed E-state index contributed by atoms with van der Waals surface area (Å²) in [4.78, 5) is 7.72. The van der Waals surface area contributed by atoms with E-state index in [0.717, 1.165) is 17.0 Å². The molecule has 96 valence electrons. The predicted octanol–water partition coefficient (Wildman–Crippen LogP) is 4.95. The Bertz CT molecular complexity index is 717. The predicted molar refractivity (Wildman–Crippen MR) is 76.5 cm³/mol. The molecule has 0 amide bonds. The van der Waals surface area contributed by atoms with Gasteiger partial charge in [0.1, 0.15) is 0 Å². The van der Waals surface area contributed by atoms with Crippen molar-refractivity contribution in [3.8, 4) is 22.8 Å². The fourth-order valence-corrected chi connectivity index (χ4v) is 2.33. The summed E-state index contributed by atoms with van der Waals surface area (Å²) in [5.74, 6) is 1.36. The minimum Gasteiger partial charge on any atom is -0.461 e. The molecular formula is C14H10Cl2N2O. The summed E-state index contributed by atoms with van der Waals surface area (Å²) in [7, 11) is 0. The summed E-state index contributed by atoms with van der Waals surface area (Å²) in [6, 6.07) is 9.16. The number of hydrogen-bond donors (Lipinski definition) is 1. The Labute approximate surface area is 120 Å². The molecule has 0 bridgehead atoms. The molecule has 0 atom stereocenters. The second kappa shape index (κ2) is 4.76. The van der Waals surface area contributed by atoms with Crippen LogP contribution in [0.15, 0.2) is 41.0 Å². The lowest BCUT2D eigenvalue weighted by molar-refractivity contribution is 0.578. The number of halogens is 2. The monoisotopic (exact) mass is 292 g/mol. The lowest BCUT2D eigenvalue weighted by Crippen LogP contribution is -1.83. The first-order valence-corrected chi connectivity index (χ1v) is 6.47. The van der Waals surface area contributed by atoms with Gasteiger partial charge < -0.3 is 9.40 Å². The summed E-state index contributed by atoms with van der Waals surface area (Å²) in [6.07, 6.45) is 1.61. The summed E-state index contributed by atoms with van der Waals surface area (Å²) in [5, 5.41) is 1.02. The van der Waals surface area contributed by atoms with E-state index in [-0.39, 0.29) is 0 Å². The Morgan fingerprint density at radius 2 is 2.00 bits per heavy atom. The van der Waals surface area contributed by atoms with Gasteiger partial charge in [-0.25, -0.2) is 4.98 Å². The van der Waals surface area contributed by atoms with Gasteiger partial charge in [-0.3, -0.25) is 0 Å². The van der Waals surface area contributed by atoms with Crippen LogP contribution in [-0.2, 0) is 0 Å². The zero-order valence-corrected chi connectivity index (χ0v) is 11.6. The lowest BCUT2D eigenvalue weighted by atomic mass is 10.1. The fraction of sp³-hybridized carbons (Fsp3) is 0.0714. The molecule has 5 heteroatoms. The average molecular weight is 293 g/mol. The molecule has 3 aromatic rings. The van der Waals surface area contributed by atoms with Crippen molar-refractivity contribution in [2.45, 2.75) is 6.92 Å². The number of aromatic nitrogens is 2. The molecule has 0 radical (unpaired) electrons. The summed E-state index contributed by atoms with van der Waals surface area (Å²) in [5.41, 5.74) is 2.50. The van der Waals surface area contributed by atoms with Gasteiger partial charge in [0.15, 0.2) is 11.6 Å². The van der Waals surface area contributed by atoms with Crippen molar-refractivity contribution < 1.29 is 4.42 Å². The Kier molecular flexibility index (Phi) is 3.09. The normalized spacial score (nSPS) is 10.9. The smallest absolute Gasteiger partial charge is 0.174 e. The molecular weight excluding hydrogens is 283 g/mol. The second-order valence-electron chi connectivity index (χ2n) is 4.14. The van der Waals surface area contributed by atoms with Crippen LogP contribution in [0.5, 0.6) is 0 Å². The van der Waals surface area contributed by atoms with Crippen molar-refractivity contribution in [3.05, 3.63) is 52.3 Å². The SMILES string of the molecule is Cc1[nH]c(-c2ccco2)nc1-c1cccc(Cl)c1Cl. The number of aromatic amines is 1. The minimum absolute atomic E-state index is 0.504. The van der Waals surface area contributed by atoms with Crippen molar-refractivity contribution in [2.75, 3.05) is 0 Å². The molecule has 3 nitrogen and oxygen atoms in total. The van der Waals surface area contributed by atoms with Crippen LogP contribution in [0, 0.1) is 6.92 Å². The lowest BCUT2D eigenvalue weighted by Gasteiger charge is -2.03. The minimum atomic E-state index is 0.504. The molecule has 0 aliphatic carbocycles. The van der Waals surface area contributed by atoms with Crippen LogP contribution < -0.4 is 0 Å². The maximum absolute atomic E-state index is 6.22. The molecule has 0 spiro atoms. The summed E-state index contributed by atoms with van der Waals surface area (Å²) in [6.45, 7) is 1.94. The number of imidazole rings is 1. The Hall–Kier alpha value is -1.71. The quantitative estimate of drug-likeness (QED) is 0.726. The topological polar surface area (TPSA) is 41.8 Å². The van der Waals surface area contributed by atoms with Crippen molar-refractivity contribution >= 4 is 23.2 Å². The van der Waals surface area contributed by atoms with Crippen molar-refractivity contribution in [2.24, 2.45) is 0 Å². The third kappa shape index (κ3) is 2.15. The van der Waals surface area contributed by atoms with E-state index in [2.05, 4.69) is 9.97 Å². The van der Waals surface area contributed by atoms with E-state index < -0.39 is 0 Å². The molecule has 0 aliphatic rings. The van der Waals surface area contributed by atoms with Gasteiger partial charge in [-0.1, -0.05) is 35.3 Å². The maximum Gasteiger partial charge on any atom is 0.174 e. The highest BCUT2D eigenvalue weighted by Gasteiger charge is 2.15. The molecule has 0 unspecified atom stereocenters. The van der Waals surface area contributed by atoms with Crippen LogP contribution >= 0.6 is 23.2 Å². The first kappa shape index (κ1) is 12.3. The highest BCUT2D eigenvalue weighted by molar-refractivity contribution is 6.43. The Balaban J connectivity index is 2.14. The van der Waals surface area contributed by atoms with Gasteiger partial charge in [0.2, 0.25) is 0 Å². The largest absolute Gasteiger partial charge is 0.461 e. The first-order chi connectivity index (χ1) is 9.16. The Morgan fingerprint density at radius 3 is 2.74 bits per heavy atom. The number of aryl methyl sites for hydroxylation is 1. The Morgan fingerprint density at radius 1 is 1.16 bits per heavy atom. The van der Waals surface area contributed by atoms with E-state index in [4.69, 9.17) is 27.6 Å². The summed E-state index contributed by atoms with van der Waals surface area (Å²) >= 11 is 12.3. The van der Waals surface area contributed by atoms with Gasteiger partial charge in [-0.2, -0.15) is 0 Å². The maximum atomic E-state index is 6.22. The molecule has 19 heavy (non-hydrogen) atoms. The van der Waals surface area contributed by atoms with E-state index in [9.17, 15) is 0 Å². The number of nitrogens with zero attached hydrogens (tertiary/aromatic N) is 1. The highest BCUT2D eigenvalue weighted by Crippen LogP contribution is 2.35. The zero-order chi connectivity index (χ0) is 13.4. The van der Waals surface area contributed by atoms with E-state index in [0.29, 0.717) is 21.6 Å². The van der Waals surface area contributed by atoms with Gasteiger partial charge in [-0.15, -0.1) is 0 Å². The molecule has 2 heterocycles. The summed E-state index contributed by atoms with van der Waals surface area (Å²) < 4.78 is 5.32. The number of benzene rings is 1. The molecule has 1 aromatic carbocycles. The van der Waals surface area contributed by atoms with Gasteiger partial charge in [0.25, 0.3) is 0 Å². The zero-order valence-electron chi connectivity index (χ0n) is 10.1. The highest BCUT2D eigenvalue weighted by atomic mass is 35.5. The van der Waals surface area contributed by atoms with Crippen LogP contribution in [-0.4, -0.2) is 9.97 Å². The van der Waals surface area contributed by atoms with E-state index in [1.165, 1.54) is 0 Å². The van der Waals surface area contributed by atoms with E-state index in [1.807, 2.05) is 31.2 Å². The number of H-pyrrole nitrogens is 1. The molecule has 3 rings (SSSR count). The molecule has 0 saturated heterocycles. The van der Waals surface area contributed by atoms with Crippen molar-refractivity contribution in [3.63, 3.8) is 0 Å². The second-order valence-corrected chi connectivity index (χ2v) is 4.92. The van der Waals surface area contributed by atoms with Crippen LogP contribution in [0.4, 0.5) is 0 Å². The molecule has 1 N–H and O–H groups in total. The van der Waals surface area contributed by atoms with Gasteiger partial charge in [-0.05, 0) is 25.1 Å². The average Bonchev–Trinajstić information content (AvgIpc) is 3.02.